The topological polar surface area (TPSA) is 29.5 Å². The van der Waals surface area contributed by atoms with Crippen LogP contribution in [0.25, 0.3) is 0 Å². The lowest BCUT2D eigenvalue weighted by Crippen LogP contribution is -2.10. The van der Waals surface area contributed by atoms with Crippen molar-refractivity contribution in [3.63, 3.8) is 0 Å². The second-order valence-electron chi connectivity index (χ2n) is 3.64. The quantitative estimate of drug-likeness (QED) is 0.877. The second-order valence-corrected chi connectivity index (χ2v) is 4.43. The molecule has 1 aliphatic rings. The van der Waals surface area contributed by atoms with Gasteiger partial charge in [0.25, 0.3) is 0 Å². The van der Waals surface area contributed by atoms with E-state index in [-0.39, 0.29) is 0 Å². The van der Waals surface area contributed by atoms with Crippen molar-refractivity contribution in [2.45, 2.75) is 18.9 Å². The minimum atomic E-state index is -0.827. The Hall–Kier alpha value is -0.700. The zero-order chi connectivity index (χ0) is 11.5. The molecule has 0 amide bonds. The molecule has 0 fully saturated rings. The van der Waals surface area contributed by atoms with E-state index in [0.717, 1.165) is 12.8 Å². The van der Waals surface area contributed by atoms with Crippen LogP contribution < -0.4 is 0 Å². The van der Waals surface area contributed by atoms with Gasteiger partial charge in [0.2, 0.25) is 0 Å². The number of hydrogen-bond donors (Lipinski definition) is 1. The average Bonchev–Trinajstić information content (AvgIpc) is 2.33. The van der Waals surface area contributed by atoms with E-state index in [1.165, 1.54) is 0 Å². The number of allylic oxidation sites excluding steroid dienone is 1. The van der Waals surface area contributed by atoms with Crippen LogP contribution in [0, 0.1) is 0 Å². The predicted molar refractivity (Wildman–Crippen MR) is 64.7 cm³/mol. The first-order valence-electron chi connectivity index (χ1n) is 5.15. The van der Waals surface area contributed by atoms with Crippen LogP contribution in [0.1, 0.15) is 24.5 Å². The van der Waals surface area contributed by atoms with Crippen LogP contribution in [0.15, 0.2) is 30.0 Å². The summed E-state index contributed by atoms with van der Waals surface area (Å²) in [5, 5.41) is 10.9. The van der Waals surface area contributed by atoms with Crippen LogP contribution in [0.2, 0.25) is 10.0 Å². The minimum absolute atomic E-state index is 0.381. The Kier molecular flexibility index (Phi) is 3.74. The number of ether oxygens (including phenoxy) is 1. The molecule has 0 bridgehead atoms. The van der Waals surface area contributed by atoms with Gasteiger partial charge in [-0.25, -0.2) is 0 Å². The first kappa shape index (κ1) is 11.8. The third-order valence-electron chi connectivity index (χ3n) is 2.51. The van der Waals surface area contributed by atoms with E-state index in [2.05, 4.69) is 0 Å². The molecule has 1 N–H and O–H groups in total. The molecule has 2 rings (SSSR count). The minimum Gasteiger partial charge on any atom is -0.495 e. The molecule has 1 aromatic rings. The number of aliphatic hydroxyl groups excluding tert-OH is 1. The number of hydrogen-bond acceptors (Lipinski definition) is 2. The van der Waals surface area contributed by atoms with E-state index in [1.54, 1.807) is 18.2 Å². The molecule has 16 heavy (non-hydrogen) atoms. The standard InChI is InChI=1S/C12H12Cl2O2/c13-9-5-3-4-8(11(9)14)12(15)10-6-1-2-7-16-10/h3-6,12,15H,1-2,7H2. The first-order chi connectivity index (χ1) is 7.70. The van der Waals surface area contributed by atoms with Gasteiger partial charge in [-0.3, -0.25) is 0 Å². The highest BCUT2D eigenvalue weighted by Crippen LogP contribution is 2.34. The molecule has 0 spiro atoms. The molecule has 0 radical (unpaired) electrons. The molecule has 0 saturated heterocycles. The lowest BCUT2D eigenvalue weighted by molar-refractivity contribution is 0.0918. The summed E-state index contributed by atoms with van der Waals surface area (Å²) < 4.78 is 5.40. The summed E-state index contributed by atoms with van der Waals surface area (Å²) in [5.74, 6) is 0.565. The van der Waals surface area contributed by atoms with Crippen molar-refractivity contribution in [3.8, 4) is 0 Å². The van der Waals surface area contributed by atoms with Crippen molar-refractivity contribution >= 4 is 23.2 Å². The molecule has 2 nitrogen and oxygen atoms in total. The van der Waals surface area contributed by atoms with Gasteiger partial charge in [-0.15, -0.1) is 0 Å². The molecule has 0 aromatic heterocycles. The summed E-state index contributed by atoms with van der Waals surface area (Å²) in [6.45, 7) is 0.640. The molecule has 86 valence electrons. The van der Waals surface area contributed by atoms with Crippen molar-refractivity contribution in [2.24, 2.45) is 0 Å². The molecule has 1 aromatic carbocycles. The maximum atomic E-state index is 10.1. The van der Waals surface area contributed by atoms with E-state index >= 15 is 0 Å². The van der Waals surface area contributed by atoms with Crippen LogP contribution in [-0.4, -0.2) is 11.7 Å². The third kappa shape index (κ3) is 2.34. The Morgan fingerprint density at radius 3 is 2.81 bits per heavy atom. The molecule has 1 aliphatic heterocycles. The third-order valence-corrected chi connectivity index (χ3v) is 3.34. The molecular formula is C12H12Cl2O2. The molecule has 0 aliphatic carbocycles. The highest BCUT2D eigenvalue weighted by molar-refractivity contribution is 6.42. The van der Waals surface area contributed by atoms with Gasteiger partial charge in [0, 0.05) is 5.56 Å². The fourth-order valence-electron chi connectivity index (χ4n) is 1.65. The predicted octanol–water partition coefficient (Wildman–Crippen LogP) is 3.72. The molecule has 1 heterocycles. The Labute approximate surface area is 104 Å². The molecule has 1 atom stereocenters. The van der Waals surface area contributed by atoms with Gasteiger partial charge >= 0.3 is 0 Å². The summed E-state index contributed by atoms with van der Waals surface area (Å²) in [4.78, 5) is 0. The van der Waals surface area contributed by atoms with E-state index in [0.29, 0.717) is 28.0 Å². The van der Waals surface area contributed by atoms with E-state index in [4.69, 9.17) is 27.9 Å². The number of aliphatic hydroxyl groups is 1. The normalized spacial score (nSPS) is 17.6. The zero-order valence-corrected chi connectivity index (χ0v) is 10.1. The number of rotatable bonds is 2. The molecule has 1 unspecified atom stereocenters. The highest BCUT2D eigenvalue weighted by Gasteiger charge is 2.20. The van der Waals surface area contributed by atoms with E-state index < -0.39 is 6.10 Å². The highest BCUT2D eigenvalue weighted by atomic mass is 35.5. The number of benzene rings is 1. The van der Waals surface area contributed by atoms with Gasteiger partial charge in [0.1, 0.15) is 11.9 Å². The van der Waals surface area contributed by atoms with E-state index in [9.17, 15) is 5.11 Å². The van der Waals surface area contributed by atoms with Crippen molar-refractivity contribution in [1.82, 2.24) is 0 Å². The fourth-order valence-corrected chi connectivity index (χ4v) is 2.06. The molecule has 4 heteroatoms. The summed E-state index contributed by atoms with van der Waals surface area (Å²) in [7, 11) is 0. The van der Waals surface area contributed by atoms with Gasteiger partial charge in [0.15, 0.2) is 0 Å². The van der Waals surface area contributed by atoms with Crippen molar-refractivity contribution < 1.29 is 9.84 Å². The van der Waals surface area contributed by atoms with Gasteiger partial charge < -0.3 is 9.84 Å². The molecule has 0 saturated carbocycles. The maximum absolute atomic E-state index is 10.1. The largest absolute Gasteiger partial charge is 0.495 e. The van der Waals surface area contributed by atoms with Gasteiger partial charge in [0.05, 0.1) is 16.7 Å². The summed E-state index contributed by atoms with van der Waals surface area (Å²) in [6, 6.07) is 5.20. The van der Waals surface area contributed by atoms with Crippen LogP contribution in [-0.2, 0) is 4.74 Å². The Morgan fingerprint density at radius 2 is 2.12 bits per heavy atom. The lowest BCUT2D eigenvalue weighted by atomic mass is 10.1. The number of halogens is 2. The van der Waals surface area contributed by atoms with Crippen molar-refractivity contribution in [2.75, 3.05) is 6.61 Å². The van der Waals surface area contributed by atoms with Crippen molar-refractivity contribution in [3.05, 3.63) is 45.6 Å². The van der Waals surface area contributed by atoms with Crippen LogP contribution in [0.4, 0.5) is 0 Å². The van der Waals surface area contributed by atoms with Gasteiger partial charge in [-0.2, -0.15) is 0 Å². The van der Waals surface area contributed by atoms with Crippen LogP contribution >= 0.6 is 23.2 Å². The van der Waals surface area contributed by atoms with Gasteiger partial charge in [-0.1, -0.05) is 35.3 Å². The summed E-state index contributed by atoms with van der Waals surface area (Å²) in [6.07, 6.45) is 2.97. The average molecular weight is 259 g/mol. The van der Waals surface area contributed by atoms with Gasteiger partial charge in [-0.05, 0) is 25.0 Å². The van der Waals surface area contributed by atoms with Crippen molar-refractivity contribution in [1.29, 1.82) is 0 Å². The zero-order valence-electron chi connectivity index (χ0n) is 8.62. The monoisotopic (exact) mass is 258 g/mol. The maximum Gasteiger partial charge on any atom is 0.137 e. The Bertz CT molecular complexity index is 415. The summed E-state index contributed by atoms with van der Waals surface area (Å²) in [5.41, 5.74) is 0.585. The van der Waals surface area contributed by atoms with Crippen LogP contribution in [0.5, 0.6) is 0 Å². The first-order valence-corrected chi connectivity index (χ1v) is 5.90. The second kappa shape index (κ2) is 5.09. The smallest absolute Gasteiger partial charge is 0.137 e. The van der Waals surface area contributed by atoms with E-state index in [1.807, 2.05) is 6.08 Å². The lowest BCUT2D eigenvalue weighted by Gasteiger charge is -2.21. The molecular weight excluding hydrogens is 247 g/mol. The SMILES string of the molecule is OC(C1=CCCCO1)c1cccc(Cl)c1Cl. The van der Waals surface area contributed by atoms with Crippen LogP contribution in [0.3, 0.4) is 0 Å². The fraction of sp³-hybridized carbons (Fsp3) is 0.333. The Morgan fingerprint density at radius 1 is 1.31 bits per heavy atom. The Balaban J connectivity index is 2.29. The summed E-state index contributed by atoms with van der Waals surface area (Å²) >= 11 is 11.9.